The third-order valence-electron chi connectivity index (χ3n) is 4.97. The van der Waals surface area contributed by atoms with Crippen LogP contribution in [0.2, 0.25) is 0 Å². The zero-order valence-electron chi connectivity index (χ0n) is 15.0. The van der Waals surface area contributed by atoms with Gasteiger partial charge in [0.2, 0.25) is 0 Å². The van der Waals surface area contributed by atoms with E-state index in [1.165, 1.54) is 12.8 Å². The molecule has 1 saturated carbocycles. The maximum absolute atomic E-state index is 12.2. The summed E-state index contributed by atoms with van der Waals surface area (Å²) in [7, 11) is 0. The van der Waals surface area contributed by atoms with E-state index >= 15 is 0 Å². The fourth-order valence-electron chi connectivity index (χ4n) is 3.72. The van der Waals surface area contributed by atoms with Crippen molar-refractivity contribution in [3.05, 3.63) is 0 Å². The largest absolute Gasteiger partial charge is 0.444 e. The normalized spacial score (nSPS) is 29.9. The van der Waals surface area contributed by atoms with Gasteiger partial charge in [0.1, 0.15) is 5.60 Å². The molecular weight excluding hydrogens is 292 g/mol. The van der Waals surface area contributed by atoms with Crippen LogP contribution in [0.4, 0.5) is 4.79 Å². The lowest BCUT2D eigenvalue weighted by atomic mass is 9.84. The summed E-state index contributed by atoms with van der Waals surface area (Å²) in [5.41, 5.74) is -0.433. The number of hydrogen-bond donors (Lipinski definition) is 2. The molecule has 0 aromatic carbocycles. The van der Waals surface area contributed by atoms with Gasteiger partial charge in [-0.15, -0.1) is 0 Å². The quantitative estimate of drug-likeness (QED) is 0.837. The van der Waals surface area contributed by atoms with Crippen LogP contribution < -0.4 is 5.32 Å². The first-order valence-electron chi connectivity index (χ1n) is 9.24. The molecule has 2 aliphatic rings. The van der Waals surface area contributed by atoms with Gasteiger partial charge in [-0.25, -0.2) is 4.79 Å². The van der Waals surface area contributed by atoms with Crippen LogP contribution in [0, 0.1) is 5.92 Å². The van der Waals surface area contributed by atoms with Crippen LogP contribution in [0.5, 0.6) is 0 Å². The fourth-order valence-corrected chi connectivity index (χ4v) is 3.72. The van der Waals surface area contributed by atoms with E-state index in [1.807, 2.05) is 25.7 Å². The van der Waals surface area contributed by atoms with Crippen LogP contribution in [-0.2, 0) is 4.74 Å². The van der Waals surface area contributed by atoms with Gasteiger partial charge in [0, 0.05) is 31.8 Å². The second-order valence-corrected chi connectivity index (χ2v) is 8.10. The Balaban J connectivity index is 1.82. The van der Waals surface area contributed by atoms with Gasteiger partial charge in [-0.05, 0) is 58.8 Å². The van der Waals surface area contributed by atoms with E-state index in [9.17, 15) is 9.90 Å². The number of nitrogens with one attached hydrogen (secondary N) is 1. The Labute approximate surface area is 140 Å². The van der Waals surface area contributed by atoms with E-state index in [1.54, 1.807) is 0 Å². The minimum atomic E-state index is -0.433. The van der Waals surface area contributed by atoms with Crippen molar-refractivity contribution in [3.63, 3.8) is 0 Å². The summed E-state index contributed by atoms with van der Waals surface area (Å²) in [4.78, 5) is 14.1. The molecule has 2 rings (SSSR count). The van der Waals surface area contributed by atoms with E-state index in [0.717, 1.165) is 45.2 Å². The molecule has 0 radical (unpaired) electrons. The predicted octanol–water partition coefficient (Wildman–Crippen LogP) is 2.92. The summed E-state index contributed by atoms with van der Waals surface area (Å²) in [6.07, 6.45) is 7.66. The van der Waals surface area contributed by atoms with Crippen LogP contribution in [0.1, 0.15) is 65.7 Å². The highest BCUT2D eigenvalue weighted by molar-refractivity contribution is 5.68. The lowest BCUT2D eigenvalue weighted by molar-refractivity contribution is 0.0255. The predicted molar refractivity (Wildman–Crippen MR) is 91.4 cm³/mol. The molecule has 2 N–H and O–H groups in total. The van der Waals surface area contributed by atoms with Crippen molar-refractivity contribution in [1.82, 2.24) is 10.2 Å². The van der Waals surface area contributed by atoms with Gasteiger partial charge < -0.3 is 20.1 Å². The molecule has 0 spiro atoms. The Bertz CT molecular complexity index is 381. The summed E-state index contributed by atoms with van der Waals surface area (Å²) >= 11 is 0. The second-order valence-electron chi connectivity index (χ2n) is 8.10. The summed E-state index contributed by atoms with van der Waals surface area (Å²) < 4.78 is 5.49. The second kappa shape index (κ2) is 8.34. The number of carbonyl (C=O) groups excluding carboxylic acids is 1. The molecule has 5 heteroatoms. The maximum atomic E-state index is 12.2. The zero-order chi connectivity index (χ0) is 16.9. The van der Waals surface area contributed by atoms with Gasteiger partial charge in [0.05, 0.1) is 0 Å². The number of aliphatic hydroxyl groups excluding tert-OH is 1. The molecule has 0 bridgehead atoms. The summed E-state index contributed by atoms with van der Waals surface area (Å²) in [5.74, 6) is 0.397. The molecule has 0 aromatic rings. The summed E-state index contributed by atoms with van der Waals surface area (Å²) in [6.45, 7) is 7.54. The summed E-state index contributed by atoms with van der Waals surface area (Å²) in [5, 5.41) is 13.3. The highest BCUT2D eigenvalue weighted by Gasteiger charge is 2.29. The van der Waals surface area contributed by atoms with Crippen molar-refractivity contribution in [2.24, 2.45) is 5.92 Å². The molecule has 5 nitrogen and oxygen atoms in total. The monoisotopic (exact) mass is 326 g/mol. The first-order chi connectivity index (χ1) is 10.9. The highest BCUT2D eigenvalue weighted by Crippen LogP contribution is 2.25. The van der Waals surface area contributed by atoms with Crippen molar-refractivity contribution in [3.8, 4) is 0 Å². The van der Waals surface area contributed by atoms with Gasteiger partial charge in [-0.2, -0.15) is 0 Å². The van der Waals surface area contributed by atoms with E-state index in [0.29, 0.717) is 18.0 Å². The number of nitrogens with zero attached hydrogens (tertiary/aromatic N) is 1. The van der Waals surface area contributed by atoms with Crippen molar-refractivity contribution in [1.29, 1.82) is 0 Å². The minimum Gasteiger partial charge on any atom is -0.444 e. The van der Waals surface area contributed by atoms with Gasteiger partial charge in [-0.1, -0.05) is 12.8 Å². The van der Waals surface area contributed by atoms with Gasteiger partial charge >= 0.3 is 6.09 Å². The summed E-state index contributed by atoms with van der Waals surface area (Å²) in [6, 6.07) is 0.881. The van der Waals surface area contributed by atoms with E-state index in [-0.39, 0.29) is 12.7 Å². The fraction of sp³-hybridized carbons (Fsp3) is 0.944. The smallest absolute Gasteiger partial charge is 0.410 e. The van der Waals surface area contributed by atoms with Crippen molar-refractivity contribution < 1.29 is 14.6 Å². The highest BCUT2D eigenvalue weighted by atomic mass is 16.6. The molecule has 134 valence electrons. The molecule has 0 aromatic heterocycles. The van der Waals surface area contributed by atoms with Crippen molar-refractivity contribution in [2.45, 2.75) is 83.4 Å². The molecule has 23 heavy (non-hydrogen) atoms. The average Bonchev–Trinajstić information content (AvgIpc) is 2.72. The molecule has 1 aliphatic carbocycles. The van der Waals surface area contributed by atoms with Gasteiger partial charge in [-0.3, -0.25) is 0 Å². The Morgan fingerprint density at radius 3 is 2.57 bits per heavy atom. The average molecular weight is 326 g/mol. The molecule has 3 unspecified atom stereocenters. The molecule has 3 atom stereocenters. The number of aliphatic hydroxyl groups is 1. The first kappa shape index (κ1) is 18.5. The van der Waals surface area contributed by atoms with E-state index in [2.05, 4.69) is 5.32 Å². The van der Waals surface area contributed by atoms with Crippen LogP contribution in [-0.4, -0.2) is 53.5 Å². The van der Waals surface area contributed by atoms with Crippen molar-refractivity contribution in [2.75, 3.05) is 19.7 Å². The number of rotatable bonds is 3. The van der Waals surface area contributed by atoms with Crippen molar-refractivity contribution >= 4 is 6.09 Å². The standard InChI is InChI=1S/C18H34N2O3/c1-18(2,3)23-17(22)20-11-6-8-15(10-12-20)19-16-9-5-4-7-14(16)13-21/h14-16,19,21H,4-13H2,1-3H3. The lowest BCUT2D eigenvalue weighted by Crippen LogP contribution is -2.46. The van der Waals surface area contributed by atoms with Gasteiger partial charge in [0.25, 0.3) is 0 Å². The molecule has 1 heterocycles. The maximum Gasteiger partial charge on any atom is 0.410 e. The third-order valence-corrected chi connectivity index (χ3v) is 4.97. The minimum absolute atomic E-state index is 0.191. The lowest BCUT2D eigenvalue weighted by Gasteiger charge is -2.34. The number of amides is 1. The van der Waals surface area contributed by atoms with Gasteiger partial charge in [0.15, 0.2) is 0 Å². The Morgan fingerprint density at radius 1 is 1.13 bits per heavy atom. The number of hydrogen-bond acceptors (Lipinski definition) is 4. The first-order valence-corrected chi connectivity index (χ1v) is 9.24. The van der Waals surface area contributed by atoms with Crippen LogP contribution >= 0.6 is 0 Å². The number of carbonyl (C=O) groups is 1. The van der Waals surface area contributed by atoms with Crippen LogP contribution in [0.25, 0.3) is 0 Å². The molecule has 1 saturated heterocycles. The Hall–Kier alpha value is -0.810. The molecular formula is C18H34N2O3. The number of ether oxygens (including phenoxy) is 1. The SMILES string of the molecule is CC(C)(C)OC(=O)N1CCCC(NC2CCCCC2CO)CC1. The van der Waals surface area contributed by atoms with Crippen LogP contribution in [0.3, 0.4) is 0 Å². The third kappa shape index (κ3) is 5.96. The van der Waals surface area contributed by atoms with E-state index < -0.39 is 5.60 Å². The topological polar surface area (TPSA) is 61.8 Å². The molecule has 1 amide bonds. The molecule has 2 fully saturated rings. The molecule has 1 aliphatic heterocycles. The Morgan fingerprint density at radius 2 is 1.87 bits per heavy atom. The zero-order valence-corrected chi connectivity index (χ0v) is 15.0. The van der Waals surface area contributed by atoms with E-state index in [4.69, 9.17) is 4.74 Å². The Kier molecular flexibility index (Phi) is 6.72. The van der Waals surface area contributed by atoms with Crippen LogP contribution in [0.15, 0.2) is 0 Å². The number of likely N-dealkylation sites (tertiary alicyclic amines) is 1.